The van der Waals surface area contributed by atoms with Gasteiger partial charge in [-0.2, -0.15) is 0 Å². The summed E-state index contributed by atoms with van der Waals surface area (Å²) in [5, 5.41) is 0. The van der Waals surface area contributed by atoms with Crippen LogP contribution in [0.2, 0.25) is 0 Å². The molecule has 0 aromatic heterocycles. The van der Waals surface area contributed by atoms with Gasteiger partial charge in [-0.05, 0) is 29.8 Å². The van der Waals surface area contributed by atoms with Gasteiger partial charge in [0.05, 0.1) is 13.8 Å². The third-order valence-electron chi connectivity index (χ3n) is 3.74. The summed E-state index contributed by atoms with van der Waals surface area (Å²) < 4.78 is 5.19. The van der Waals surface area contributed by atoms with Crippen LogP contribution in [0.3, 0.4) is 0 Å². The van der Waals surface area contributed by atoms with E-state index in [2.05, 4.69) is 52.3 Å². The molecule has 3 heteroatoms. The second-order valence-corrected chi connectivity index (χ2v) is 5.14. The summed E-state index contributed by atoms with van der Waals surface area (Å²) in [5.74, 6) is 0.918. The van der Waals surface area contributed by atoms with E-state index in [0.717, 1.165) is 32.1 Å². The number of nitrogens with zero attached hydrogens (tertiary/aromatic N) is 2. The minimum absolute atomic E-state index is 0.918. The smallest absolute Gasteiger partial charge is 0.118 e. The number of hydrogen-bond acceptors (Lipinski definition) is 3. The van der Waals surface area contributed by atoms with Crippen LogP contribution in [0.15, 0.2) is 54.6 Å². The third-order valence-corrected chi connectivity index (χ3v) is 3.74. The van der Waals surface area contributed by atoms with Crippen molar-refractivity contribution in [1.29, 1.82) is 0 Å². The van der Waals surface area contributed by atoms with E-state index in [1.165, 1.54) is 11.3 Å². The van der Waals surface area contributed by atoms with E-state index in [1.54, 1.807) is 7.11 Å². The normalized spacial score (nSPS) is 15.6. The fourth-order valence-corrected chi connectivity index (χ4v) is 2.61. The topological polar surface area (TPSA) is 15.7 Å². The molecule has 0 aliphatic carbocycles. The van der Waals surface area contributed by atoms with Crippen LogP contribution in [0.1, 0.15) is 5.56 Å². The van der Waals surface area contributed by atoms with Gasteiger partial charge in [0.2, 0.25) is 0 Å². The lowest BCUT2D eigenvalue weighted by Crippen LogP contribution is -2.24. The van der Waals surface area contributed by atoms with Gasteiger partial charge in [0.15, 0.2) is 0 Å². The largest absolute Gasteiger partial charge is 0.497 e. The minimum atomic E-state index is 0.918. The highest BCUT2D eigenvalue weighted by Gasteiger charge is 2.19. The quantitative estimate of drug-likeness (QED) is 0.848. The second-order valence-electron chi connectivity index (χ2n) is 5.14. The minimum Gasteiger partial charge on any atom is -0.497 e. The van der Waals surface area contributed by atoms with E-state index in [1.807, 2.05) is 12.1 Å². The summed E-state index contributed by atoms with van der Waals surface area (Å²) in [6, 6.07) is 19.0. The van der Waals surface area contributed by atoms with E-state index in [9.17, 15) is 0 Å². The summed E-state index contributed by atoms with van der Waals surface area (Å²) in [7, 11) is 1.70. The fraction of sp³-hybridized carbons (Fsp3) is 0.294. The molecular formula is C17H20N2O. The Morgan fingerprint density at radius 3 is 2.40 bits per heavy atom. The molecule has 0 saturated carbocycles. The van der Waals surface area contributed by atoms with Crippen LogP contribution in [-0.4, -0.2) is 31.8 Å². The van der Waals surface area contributed by atoms with Crippen LogP contribution in [0, 0.1) is 0 Å². The predicted molar refractivity (Wildman–Crippen MR) is 82.1 cm³/mol. The summed E-state index contributed by atoms with van der Waals surface area (Å²) in [6.07, 6.45) is 0. The first-order valence-electron chi connectivity index (χ1n) is 7.00. The van der Waals surface area contributed by atoms with E-state index in [-0.39, 0.29) is 0 Å². The Balaban J connectivity index is 1.60. The van der Waals surface area contributed by atoms with Gasteiger partial charge in [0, 0.05) is 25.3 Å². The molecule has 3 rings (SSSR count). The molecule has 1 aliphatic heterocycles. The molecule has 1 saturated heterocycles. The Kier molecular flexibility index (Phi) is 3.88. The zero-order valence-corrected chi connectivity index (χ0v) is 11.8. The molecule has 0 unspecified atom stereocenters. The standard InChI is InChI=1S/C17H20N2O/c1-20-17-9-7-15(8-10-17)13-18-11-12-19(14-18)16-5-3-2-4-6-16/h2-10H,11-14H2,1H3. The maximum absolute atomic E-state index is 5.19. The number of hydrogen-bond donors (Lipinski definition) is 0. The lowest BCUT2D eigenvalue weighted by molar-refractivity contribution is 0.333. The highest BCUT2D eigenvalue weighted by Crippen LogP contribution is 2.20. The van der Waals surface area contributed by atoms with Gasteiger partial charge in [-0.25, -0.2) is 0 Å². The van der Waals surface area contributed by atoms with Gasteiger partial charge in [0.1, 0.15) is 5.75 Å². The summed E-state index contributed by atoms with van der Waals surface area (Å²) in [4.78, 5) is 4.89. The molecule has 104 valence electrons. The average molecular weight is 268 g/mol. The zero-order chi connectivity index (χ0) is 13.8. The number of benzene rings is 2. The SMILES string of the molecule is COc1ccc(CN2CCN(c3ccccc3)C2)cc1. The molecule has 0 radical (unpaired) electrons. The van der Waals surface area contributed by atoms with Gasteiger partial charge in [-0.3, -0.25) is 4.90 Å². The number of rotatable bonds is 4. The molecule has 1 heterocycles. The van der Waals surface area contributed by atoms with Crippen molar-refractivity contribution in [3.8, 4) is 5.75 Å². The van der Waals surface area contributed by atoms with E-state index in [0.29, 0.717) is 0 Å². The summed E-state index contributed by atoms with van der Waals surface area (Å²) in [6.45, 7) is 4.20. The van der Waals surface area contributed by atoms with Crippen molar-refractivity contribution < 1.29 is 4.74 Å². The monoisotopic (exact) mass is 268 g/mol. The molecule has 1 aliphatic rings. The van der Waals surface area contributed by atoms with Crippen molar-refractivity contribution in [3.63, 3.8) is 0 Å². The maximum atomic E-state index is 5.19. The van der Waals surface area contributed by atoms with Crippen LogP contribution in [0.25, 0.3) is 0 Å². The van der Waals surface area contributed by atoms with E-state index in [4.69, 9.17) is 4.74 Å². The fourth-order valence-electron chi connectivity index (χ4n) is 2.61. The maximum Gasteiger partial charge on any atom is 0.118 e. The summed E-state index contributed by atoms with van der Waals surface area (Å²) in [5.41, 5.74) is 2.64. The van der Waals surface area contributed by atoms with Crippen molar-refractivity contribution in [2.45, 2.75) is 6.54 Å². The van der Waals surface area contributed by atoms with Crippen LogP contribution < -0.4 is 9.64 Å². The lowest BCUT2D eigenvalue weighted by atomic mass is 10.2. The number of ether oxygens (including phenoxy) is 1. The Bertz CT molecular complexity index is 539. The molecule has 20 heavy (non-hydrogen) atoms. The zero-order valence-electron chi connectivity index (χ0n) is 11.8. The van der Waals surface area contributed by atoms with Crippen LogP contribution in [0.4, 0.5) is 5.69 Å². The van der Waals surface area contributed by atoms with Gasteiger partial charge >= 0.3 is 0 Å². The Morgan fingerprint density at radius 2 is 1.70 bits per heavy atom. The predicted octanol–water partition coefficient (Wildman–Crippen LogP) is 2.97. The van der Waals surface area contributed by atoms with Crippen molar-refractivity contribution in [2.24, 2.45) is 0 Å². The van der Waals surface area contributed by atoms with Gasteiger partial charge < -0.3 is 9.64 Å². The van der Waals surface area contributed by atoms with Gasteiger partial charge in [-0.15, -0.1) is 0 Å². The van der Waals surface area contributed by atoms with E-state index >= 15 is 0 Å². The number of methoxy groups -OCH3 is 1. The van der Waals surface area contributed by atoms with Crippen LogP contribution in [0.5, 0.6) is 5.75 Å². The van der Waals surface area contributed by atoms with Gasteiger partial charge in [0.25, 0.3) is 0 Å². The molecule has 2 aromatic carbocycles. The molecule has 0 spiro atoms. The second kappa shape index (κ2) is 5.97. The van der Waals surface area contributed by atoms with Crippen molar-refractivity contribution >= 4 is 5.69 Å². The molecule has 3 nitrogen and oxygen atoms in total. The van der Waals surface area contributed by atoms with Crippen LogP contribution in [-0.2, 0) is 6.54 Å². The first-order chi connectivity index (χ1) is 9.85. The van der Waals surface area contributed by atoms with Crippen LogP contribution >= 0.6 is 0 Å². The average Bonchev–Trinajstić information content (AvgIpc) is 2.97. The Hall–Kier alpha value is -2.00. The highest BCUT2D eigenvalue weighted by molar-refractivity contribution is 5.46. The molecule has 2 aromatic rings. The highest BCUT2D eigenvalue weighted by atomic mass is 16.5. The van der Waals surface area contributed by atoms with E-state index < -0.39 is 0 Å². The third kappa shape index (κ3) is 2.94. The molecule has 0 bridgehead atoms. The molecule has 1 fully saturated rings. The Morgan fingerprint density at radius 1 is 0.950 bits per heavy atom. The first kappa shape index (κ1) is 13.0. The van der Waals surface area contributed by atoms with Crippen molar-refractivity contribution in [1.82, 2.24) is 4.90 Å². The lowest BCUT2D eigenvalue weighted by Gasteiger charge is -2.20. The Labute approximate surface area is 120 Å². The first-order valence-corrected chi connectivity index (χ1v) is 7.00. The molecular weight excluding hydrogens is 248 g/mol. The van der Waals surface area contributed by atoms with Gasteiger partial charge in [-0.1, -0.05) is 30.3 Å². The summed E-state index contributed by atoms with van der Waals surface area (Å²) >= 11 is 0. The number of anilines is 1. The molecule has 0 amide bonds. The number of para-hydroxylation sites is 1. The molecule has 0 N–H and O–H groups in total. The molecule has 0 atom stereocenters. The van der Waals surface area contributed by atoms with Crippen molar-refractivity contribution in [2.75, 3.05) is 31.8 Å². The van der Waals surface area contributed by atoms with Crippen molar-refractivity contribution in [3.05, 3.63) is 60.2 Å².